The second kappa shape index (κ2) is 12.4. The molecule has 3 N–H and O–H groups in total. The number of aryl methyl sites for hydroxylation is 1. The normalized spacial score (nSPS) is 14.2. The molecule has 8 heteroatoms. The summed E-state index contributed by atoms with van der Waals surface area (Å²) in [5, 5.41) is 21.4. The van der Waals surface area contributed by atoms with Gasteiger partial charge in [-0.1, -0.05) is 45.0 Å². The first-order valence-electron chi connectivity index (χ1n) is 10.6. The maximum absolute atomic E-state index is 10.6. The Bertz CT molecular complexity index is 810. The topological polar surface area (TPSA) is 77.7 Å². The van der Waals surface area contributed by atoms with Crippen LogP contribution < -0.4 is 10.6 Å². The van der Waals surface area contributed by atoms with Crippen molar-refractivity contribution in [3.05, 3.63) is 53.3 Å². The quantitative estimate of drug-likeness (QED) is 0.271. The lowest BCUT2D eigenvalue weighted by molar-refractivity contribution is 0.180. The van der Waals surface area contributed by atoms with E-state index in [9.17, 15) is 5.11 Å². The van der Waals surface area contributed by atoms with E-state index in [1.807, 2.05) is 52.6 Å². The summed E-state index contributed by atoms with van der Waals surface area (Å²) in [7, 11) is 6.00. The third-order valence-corrected chi connectivity index (χ3v) is 5.12. The first-order valence-corrected chi connectivity index (χ1v) is 10.6. The van der Waals surface area contributed by atoms with Crippen LogP contribution in [0.2, 0.25) is 0 Å². The number of guanidine groups is 1. The van der Waals surface area contributed by atoms with Gasteiger partial charge in [-0.2, -0.15) is 5.10 Å². The van der Waals surface area contributed by atoms with Gasteiger partial charge in [0.25, 0.3) is 0 Å². The predicted molar refractivity (Wildman–Crippen MR) is 139 cm³/mol. The van der Waals surface area contributed by atoms with Crippen LogP contribution in [0.15, 0.2) is 41.7 Å². The minimum absolute atomic E-state index is 0. The number of halogens is 1. The van der Waals surface area contributed by atoms with Crippen molar-refractivity contribution in [2.24, 2.45) is 12.0 Å². The zero-order chi connectivity index (χ0) is 22.3. The standard InChI is InChI=1S/C23H38N6O.HI/c1-8-24-22(25-14-20(28(5)6)18-13-27-29(7)16-18)26-15-21(30)17-9-11-19(12-10-17)23(2,3)4;/h9-13,16,20-21,30H,8,14-15H2,1-7H3,(H2,24,25,26);1H. The number of nitrogens with one attached hydrogen (secondary N) is 2. The summed E-state index contributed by atoms with van der Waals surface area (Å²) in [6.45, 7) is 10.3. The largest absolute Gasteiger partial charge is 0.387 e. The molecule has 1 aromatic carbocycles. The van der Waals surface area contributed by atoms with E-state index in [1.54, 1.807) is 4.68 Å². The van der Waals surface area contributed by atoms with Gasteiger partial charge in [-0.25, -0.2) is 0 Å². The summed E-state index contributed by atoms with van der Waals surface area (Å²) in [5.41, 5.74) is 3.38. The first kappa shape index (κ1) is 27.4. The van der Waals surface area contributed by atoms with Crippen LogP contribution in [0.4, 0.5) is 0 Å². The van der Waals surface area contributed by atoms with Crippen LogP contribution in [-0.2, 0) is 12.5 Å². The summed E-state index contributed by atoms with van der Waals surface area (Å²) in [4.78, 5) is 6.87. The van der Waals surface area contributed by atoms with E-state index >= 15 is 0 Å². The molecule has 0 saturated carbocycles. The van der Waals surface area contributed by atoms with Crippen molar-refractivity contribution >= 4 is 29.9 Å². The first-order chi connectivity index (χ1) is 14.1. The highest BCUT2D eigenvalue weighted by Crippen LogP contribution is 2.24. The van der Waals surface area contributed by atoms with Crippen LogP contribution >= 0.6 is 24.0 Å². The molecule has 0 saturated heterocycles. The highest BCUT2D eigenvalue weighted by Gasteiger charge is 2.17. The summed E-state index contributed by atoms with van der Waals surface area (Å²) >= 11 is 0. The number of hydrogen-bond acceptors (Lipinski definition) is 4. The van der Waals surface area contributed by atoms with Gasteiger partial charge in [0.2, 0.25) is 0 Å². The molecule has 0 fully saturated rings. The number of aliphatic hydroxyl groups is 1. The second-order valence-electron chi connectivity index (χ2n) is 8.92. The number of rotatable bonds is 8. The fourth-order valence-electron chi connectivity index (χ4n) is 3.22. The van der Waals surface area contributed by atoms with Crippen molar-refractivity contribution in [1.82, 2.24) is 25.3 Å². The number of nitrogens with zero attached hydrogens (tertiary/aromatic N) is 4. The lowest BCUT2D eigenvalue weighted by Crippen LogP contribution is -2.40. The molecule has 2 atom stereocenters. The van der Waals surface area contributed by atoms with Crippen LogP contribution in [-0.4, -0.2) is 59.5 Å². The zero-order valence-electron chi connectivity index (χ0n) is 19.9. The molecule has 0 aliphatic carbocycles. The Hall–Kier alpha value is -1.65. The van der Waals surface area contributed by atoms with Crippen LogP contribution in [0.3, 0.4) is 0 Å². The van der Waals surface area contributed by atoms with Gasteiger partial charge >= 0.3 is 0 Å². The molecule has 0 bridgehead atoms. The molecule has 0 aliphatic rings. The summed E-state index contributed by atoms with van der Waals surface area (Å²) in [6, 6.07) is 8.31. The molecular weight excluding hydrogens is 503 g/mol. The van der Waals surface area contributed by atoms with Gasteiger partial charge in [0.05, 0.1) is 24.9 Å². The Morgan fingerprint density at radius 2 is 1.81 bits per heavy atom. The van der Waals surface area contributed by atoms with Gasteiger partial charge in [0.15, 0.2) is 5.96 Å². The monoisotopic (exact) mass is 542 g/mol. The van der Waals surface area contributed by atoms with E-state index < -0.39 is 6.10 Å². The SMILES string of the molecule is CCNC(=NCC(c1cnn(C)c1)N(C)C)NCC(O)c1ccc(C(C)(C)C)cc1.I. The number of aliphatic imine (C=N–C) groups is 1. The Labute approximate surface area is 204 Å². The Kier molecular flexibility index (Phi) is 11.0. The molecule has 0 aliphatic heterocycles. The molecule has 174 valence electrons. The summed E-state index contributed by atoms with van der Waals surface area (Å²) in [5.74, 6) is 0.693. The van der Waals surface area contributed by atoms with E-state index in [0.717, 1.165) is 17.7 Å². The molecule has 1 aromatic heterocycles. The maximum atomic E-state index is 10.6. The number of aromatic nitrogens is 2. The molecule has 1 heterocycles. The number of aliphatic hydroxyl groups excluding tert-OH is 1. The number of benzene rings is 1. The van der Waals surface area contributed by atoms with E-state index in [1.165, 1.54) is 5.56 Å². The highest BCUT2D eigenvalue weighted by molar-refractivity contribution is 14.0. The van der Waals surface area contributed by atoms with Gasteiger partial charge < -0.3 is 20.6 Å². The van der Waals surface area contributed by atoms with Crippen LogP contribution in [0.1, 0.15) is 56.5 Å². The average Bonchev–Trinajstić information content (AvgIpc) is 3.11. The fraction of sp³-hybridized carbons (Fsp3) is 0.565. The Balaban J connectivity index is 0.00000480. The second-order valence-corrected chi connectivity index (χ2v) is 8.92. The lowest BCUT2D eigenvalue weighted by atomic mass is 9.86. The van der Waals surface area contributed by atoms with Crippen molar-refractivity contribution in [1.29, 1.82) is 0 Å². The molecular formula is C23H39IN6O. The smallest absolute Gasteiger partial charge is 0.191 e. The van der Waals surface area contributed by atoms with Crippen molar-refractivity contribution in [3.8, 4) is 0 Å². The van der Waals surface area contributed by atoms with E-state index in [2.05, 4.69) is 53.5 Å². The Morgan fingerprint density at radius 1 is 1.16 bits per heavy atom. The third kappa shape index (κ3) is 8.42. The molecule has 2 aromatic rings. The molecule has 2 unspecified atom stereocenters. The molecule has 0 radical (unpaired) electrons. The van der Waals surface area contributed by atoms with E-state index in [4.69, 9.17) is 4.99 Å². The molecule has 0 spiro atoms. The summed E-state index contributed by atoms with van der Waals surface area (Å²) < 4.78 is 1.81. The van der Waals surface area contributed by atoms with Gasteiger partial charge in [-0.3, -0.25) is 9.67 Å². The van der Waals surface area contributed by atoms with Crippen molar-refractivity contribution in [3.63, 3.8) is 0 Å². The van der Waals surface area contributed by atoms with E-state index in [-0.39, 0.29) is 35.4 Å². The summed E-state index contributed by atoms with van der Waals surface area (Å²) in [6.07, 6.45) is 3.29. The van der Waals surface area contributed by atoms with Crippen molar-refractivity contribution < 1.29 is 5.11 Å². The van der Waals surface area contributed by atoms with Gasteiger partial charge in [-0.15, -0.1) is 24.0 Å². The van der Waals surface area contributed by atoms with Gasteiger partial charge in [-0.05, 0) is 37.6 Å². The maximum Gasteiger partial charge on any atom is 0.191 e. The molecule has 31 heavy (non-hydrogen) atoms. The molecule has 7 nitrogen and oxygen atoms in total. The van der Waals surface area contributed by atoms with Crippen molar-refractivity contribution in [2.75, 3.05) is 33.7 Å². The number of likely N-dealkylation sites (N-methyl/N-ethyl adjacent to an activating group) is 1. The number of hydrogen-bond donors (Lipinski definition) is 3. The van der Waals surface area contributed by atoms with Crippen LogP contribution in [0.5, 0.6) is 0 Å². The average molecular weight is 543 g/mol. The third-order valence-electron chi connectivity index (χ3n) is 5.12. The minimum atomic E-state index is -0.606. The zero-order valence-corrected chi connectivity index (χ0v) is 22.2. The highest BCUT2D eigenvalue weighted by atomic mass is 127. The van der Waals surface area contributed by atoms with E-state index in [0.29, 0.717) is 19.0 Å². The van der Waals surface area contributed by atoms with Gasteiger partial charge in [0.1, 0.15) is 0 Å². The molecule has 0 amide bonds. The lowest BCUT2D eigenvalue weighted by Gasteiger charge is -2.22. The predicted octanol–water partition coefficient (Wildman–Crippen LogP) is 3.23. The Morgan fingerprint density at radius 3 is 2.29 bits per heavy atom. The van der Waals surface area contributed by atoms with Crippen molar-refractivity contribution in [2.45, 2.75) is 45.3 Å². The minimum Gasteiger partial charge on any atom is -0.387 e. The molecule has 2 rings (SSSR count). The van der Waals surface area contributed by atoms with Crippen LogP contribution in [0, 0.1) is 0 Å². The van der Waals surface area contributed by atoms with Gasteiger partial charge in [0, 0.05) is 31.9 Å². The fourth-order valence-corrected chi connectivity index (χ4v) is 3.22. The van der Waals surface area contributed by atoms with Crippen LogP contribution in [0.25, 0.3) is 0 Å².